The topological polar surface area (TPSA) is 50.8 Å². The molecule has 128 valence electrons. The monoisotopic (exact) mass is 320 g/mol. The smallest absolute Gasteiger partial charge is 0.237 e. The molecule has 1 aliphatic heterocycles. The van der Waals surface area contributed by atoms with Gasteiger partial charge in [0.2, 0.25) is 5.91 Å². The predicted octanol–water partition coefficient (Wildman–Crippen LogP) is 2.44. The Labute approximate surface area is 139 Å². The van der Waals surface area contributed by atoms with Gasteiger partial charge in [-0.15, -0.1) is 0 Å². The highest BCUT2D eigenvalue weighted by Crippen LogP contribution is 2.27. The van der Waals surface area contributed by atoms with Crippen LogP contribution >= 0.6 is 0 Å². The van der Waals surface area contributed by atoms with Crippen molar-refractivity contribution < 1.29 is 14.3 Å². The highest BCUT2D eigenvalue weighted by molar-refractivity contribution is 5.81. The van der Waals surface area contributed by atoms with Crippen molar-refractivity contribution in [3.63, 3.8) is 0 Å². The second-order valence-electron chi connectivity index (χ2n) is 6.30. The van der Waals surface area contributed by atoms with Gasteiger partial charge < -0.3 is 14.8 Å². The molecule has 1 fully saturated rings. The number of likely N-dealkylation sites (tertiary alicyclic amines) is 1. The second kappa shape index (κ2) is 8.20. The first-order chi connectivity index (χ1) is 11.0. The van der Waals surface area contributed by atoms with E-state index in [1.165, 1.54) is 12.8 Å². The third-order valence-electron chi connectivity index (χ3n) is 4.66. The molecular formula is C18H28N2O3. The van der Waals surface area contributed by atoms with Gasteiger partial charge in [0.05, 0.1) is 20.3 Å². The summed E-state index contributed by atoms with van der Waals surface area (Å²) in [6.45, 7) is 6.77. The maximum absolute atomic E-state index is 12.4. The van der Waals surface area contributed by atoms with Crippen LogP contribution in [0.4, 0.5) is 0 Å². The molecule has 23 heavy (non-hydrogen) atoms. The van der Waals surface area contributed by atoms with Gasteiger partial charge in [0.15, 0.2) is 11.5 Å². The summed E-state index contributed by atoms with van der Waals surface area (Å²) in [7, 11) is 3.22. The highest BCUT2D eigenvalue weighted by Gasteiger charge is 2.24. The van der Waals surface area contributed by atoms with Crippen molar-refractivity contribution in [1.29, 1.82) is 0 Å². The van der Waals surface area contributed by atoms with Crippen LogP contribution in [-0.4, -0.2) is 44.2 Å². The van der Waals surface area contributed by atoms with Crippen LogP contribution in [0.5, 0.6) is 11.5 Å². The van der Waals surface area contributed by atoms with E-state index < -0.39 is 0 Å². The number of nitrogens with zero attached hydrogens (tertiary/aromatic N) is 1. The van der Waals surface area contributed by atoms with E-state index in [0.29, 0.717) is 18.0 Å². The Bertz CT molecular complexity index is 525. The summed E-state index contributed by atoms with van der Waals surface area (Å²) < 4.78 is 10.5. The Morgan fingerprint density at radius 3 is 2.52 bits per heavy atom. The maximum atomic E-state index is 12.4. The van der Waals surface area contributed by atoms with Crippen LogP contribution < -0.4 is 14.8 Å². The van der Waals surface area contributed by atoms with Gasteiger partial charge in [0, 0.05) is 6.54 Å². The van der Waals surface area contributed by atoms with Crippen LogP contribution in [-0.2, 0) is 11.3 Å². The Morgan fingerprint density at radius 1 is 1.26 bits per heavy atom. The lowest BCUT2D eigenvalue weighted by Crippen LogP contribution is -2.47. The number of amides is 1. The third kappa shape index (κ3) is 4.61. The highest BCUT2D eigenvalue weighted by atomic mass is 16.5. The van der Waals surface area contributed by atoms with Crippen LogP contribution in [0.25, 0.3) is 0 Å². The van der Waals surface area contributed by atoms with E-state index >= 15 is 0 Å². The van der Waals surface area contributed by atoms with E-state index in [9.17, 15) is 4.79 Å². The molecule has 2 rings (SSSR count). The fourth-order valence-corrected chi connectivity index (χ4v) is 2.91. The number of rotatable bonds is 6. The Balaban J connectivity index is 1.88. The van der Waals surface area contributed by atoms with E-state index in [1.807, 2.05) is 25.1 Å². The number of methoxy groups -OCH3 is 2. The number of hydrogen-bond acceptors (Lipinski definition) is 4. The summed E-state index contributed by atoms with van der Waals surface area (Å²) in [5, 5.41) is 3.02. The van der Waals surface area contributed by atoms with Gasteiger partial charge in [-0.25, -0.2) is 0 Å². The first-order valence-electron chi connectivity index (χ1n) is 8.27. The molecule has 5 nitrogen and oxygen atoms in total. The maximum Gasteiger partial charge on any atom is 0.237 e. The number of piperidine rings is 1. The molecule has 0 aromatic heterocycles. The molecular weight excluding hydrogens is 292 g/mol. The van der Waals surface area contributed by atoms with Gasteiger partial charge in [-0.2, -0.15) is 0 Å². The van der Waals surface area contributed by atoms with Crippen LogP contribution in [0.15, 0.2) is 18.2 Å². The van der Waals surface area contributed by atoms with Gasteiger partial charge in [-0.3, -0.25) is 9.69 Å². The molecule has 1 aromatic rings. The van der Waals surface area contributed by atoms with Gasteiger partial charge in [0.1, 0.15) is 0 Å². The predicted molar refractivity (Wildman–Crippen MR) is 90.8 cm³/mol. The number of nitrogens with one attached hydrogen (secondary N) is 1. The summed E-state index contributed by atoms with van der Waals surface area (Å²) >= 11 is 0. The summed E-state index contributed by atoms with van der Waals surface area (Å²) in [4.78, 5) is 14.6. The van der Waals surface area contributed by atoms with Crippen molar-refractivity contribution in [1.82, 2.24) is 10.2 Å². The summed E-state index contributed by atoms with van der Waals surface area (Å²) in [5.74, 6) is 2.22. The Hall–Kier alpha value is -1.75. The molecule has 0 radical (unpaired) electrons. The summed E-state index contributed by atoms with van der Waals surface area (Å²) in [5.41, 5.74) is 0.996. The zero-order chi connectivity index (χ0) is 16.8. The lowest BCUT2D eigenvalue weighted by Gasteiger charge is -2.34. The van der Waals surface area contributed by atoms with E-state index in [1.54, 1.807) is 14.2 Å². The van der Waals surface area contributed by atoms with Crippen LogP contribution in [0.2, 0.25) is 0 Å². The van der Waals surface area contributed by atoms with Gasteiger partial charge in [-0.1, -0.05) is 13.0 Å². The third-order valence-corrected chi connectivity index (χ3v) is 4.66. The molecule has 1 saturated heterocycles. The SMILES string of the molecule is COc1ccc(CNC(=O)[C@H](C)N2CCC(C)CC2)cc1OC. The minimum Gasteiger partial charge on any atom is -0.493 e. The first kappa shape index (κ1) is 17.6. The van der Waals surface area contributed by atoms with Crippen molar-refractivity contribution in [2.24, 2.45) is 5.92 Å². The molecule has 5 heteroatoms. The minimum absolute atomic E-state index is 0.0781. The number of carbonyl (C=O) groups is 1. The largest absolute Gasteiger partial charge is 0.493 e. The van der Waals surface area contributed by atoms with Crippen molar-refractivity contribution >= 4 is 5.91 Å². The molecule has 0 aliphatic carbocycles. The van der Waals surface area contributed by atoms with Crippen LogP contribution in [0.3, 0.4) is 0 Å². The van der Waals surface area contributed by atoms with Gasteiger partial charge in [-0.05, 0) is 56.5 Å². The standard InChI is InChI=1S/C18H28N2O3/c1-13-7-9-20(10-8-13)14(2)18(21)19-12-15-5-6-16(22-3)17(11-15)23-4/h5-6,11,13-14H,7-10,12H2,1-4H3,(H,19,21)/t14-/m0/s1. The van der Waals surface area contributed by atoms with Crippen LogP contribution in [0.1, 0.15) is 32.3 Å². The van der Waals surface area contributed by atoms with Crippen molar-refractivity contribution in [2.45, 2.75) is 39.3 Å². The average Bonchev–Trinajstić information content (AvgIpc) is 2.59. The summed E-state index contributed by atoms with van der Waals surface area (Å²) in [6, 6.07) is 5.61. The number of hydrogen-bond donors (Lipinski definition) is 1. The molecule has 0 unspecified atom stereocenters. The lowest BCUT2D eigenvalue weighted by atomic mass is 9.98. The van der Waals surface area contributed by atoms with Crippen molar-refractivity contribution in [2.75, 3.05) is 27.3 Å². The number of ether oxygens (including phenoxy) is 2. The van der Waals surface area contributed by atoms with Gasteiger partial charge >= 0.3 is 0 Å². The normalized spacial score (nSPS) is 17.6. The molecule has 0 spiro atoms. The lowest BCUT2D eigenvalue weighted by molar-refractivity contribution is -0.126. The fourth-order valence-electron chi connectivity index (χ4n) is 2.91. The van der Waals surface area contributed by atoms with Gasteiger partial charge in [0.25, 0.3) is 0 Å². The minimum atomic E-state index is -0.0809. The molecule has 1 amide bonds. The molecule has 1 atom stereocenters. The summed E-state index contributed by atoms with van der Waals surface area (Å²) in [6.07, 6.45) is 2.35. The van der Waals surface area contributed by atoms with Crippen molar-refractivity contribution in [3.8, 4) is 11.5 Å². The molecule has 1 N–H and O–H groups in total. The molecule has 1 aromatic carbocycles. The second-order valence-corrected chi connectivity index (χ2v) is 6.30. The Kier molecular flexibility index (Phi) is 6.28. The quantitative estimate of drug-likeness (QED) is 0.875. The van der Waals surface area contributed by atoms with E-state index in [-0.39, 0.29) is 11.9 Å². The zero-order valence-corrected chi connectivity index (χ0v) is 14.6. The molecule has 0 bridgehead atoms. The number of carbonyl (C=O) groups excluding carboxylic acids is 1. The molecule has 1 heterocycles. The van der Waals surface area contributed by atoms with E-state index in [2.05, 4.69) is 17.1 Å². The van der Waals surface area contributed by atoms with E-state index in [0.717, 1.165) is 24.6 Å². The van der Waals surface area contributed by atoms with Crippen molar-refractivity contribution in [3.05, 3.63) is 23.8 Å². The average molecular weight is 320 g/mol. The van der Waals surface area contributed by atoms with Crippen LogP contribution in [0, 0.1) is 5.92 Å². The molecule has 0 saturated carbocycles. The number of benzene rings is 1. The van der Waals surface area contributed by atoms with E-state index in [4.69, 9.17) is 9.47 Å². The Morgan fingerprint density at radius 2 is 1.91 bits per heavy atom. The first-order valence-corrected chi connectivity index (χ1v) is 8.27. The fraction of sp³-hybridized carbons (Fsp3) is 0.611. The zero-order valence-electron chi connectivity index (χ0n) is 14.6. The molecule has 1 aliphatic rings.